The molecule has 1 fully saturated rings. The normalized spacial score (nSPS) is 18.1. The lowest BCUT2D eigenvalue weighted by molar-refractivity contribution is -0.0348. The Bertz CT molecular complexity index is 681. The van der Waals surface area contributed by atoms with E-state index < -0.39 is 0 Å². The van der Waals surface area contributed by atoms with Crippen LogP contribution in [0.5, 0.6) is 5.75 Å². The van der Waals surface area contributed by atoms with Crippen molar-refractivity contribution < 1.29 is 13.9 Å². The SMILES string of the molecule is CN(C)c1nccnc1[C@@H]1CN(CCOc2ccc(F)cc2)CCO1. The lowest BCUT2D eigenvalue weighted by atomic mass is 10.2. The summed E-state index contributed by atoms with van der Waals surface area (Å²) in [5, 5.41) is 0. The monoisotopic (exact) mass is 346 g/mol. The molecule has 7 heteroatoms. The van der Waals surface area contributed by atoms with E-state index in [9.17, 15) is 4.39 Å². The third-order valence-electron chi connectivity index (χ3n) is 4.08. The van der Waals surface area contributed by atoms with Crippen molar-refractivity contribution in [3.63, 3.8) is 0 Å². The van der Waals surface area contributed by atoms with E-state index in [1.165, 1.54) is 12.1 Å². The van der Waals surface area contributed by atoms with Crippen molar-refractivity contribution in [1.82, 2.24) is 14.9 Å². The number of hydrogen-bond donors (Lipinski definition) is 0. The second kappa shape index (κ2) is 8.22. The molecule has 0 unspecified atom stereocenters. The highest BCUT2D eigenvalue weighted by molar-refractivity contribution is 5.42. The summed E-state index contributed by atoms with van der Waals surface area (Å²) in [5.74, 6) is 1.25. The van der Waals surface area contributed by atoms with Gasteiger partial charge in [-0.1, -0.05) is 0 Å². The zero-order valence-electron chi connectivity index (χ0n) is 14.6. The summed E-state index contributed by atoms with van der Waals surface area (Å²) in [4.78, 5) is 13.1. The minimum atomic E-state index is -0.260. The highest BCUT2D eigenvalue weighted by Gasteiger charge is 2.26. The van der Waals surface area contributed by atoms with Crippen LogP contribution >= 0.6 is 0 Å². The molecule has 0 amide bonds. The average molecular weight is 346 g/mol. The predicted octanol–water partition coefficient (Wildman–Crippen LogP) is 2.13. The van der Waals surface area contributed by atoms with Gasteiger partial charge < -0.3 is 14.4 Å². The average Bonchev–Trinajstić information content (AvgIpc) is 2.63. The van der Waals surface area contributed by atoms with Gasteiger partial charge in [0.25, 0.3) is 0 Å². The highest BCUT2D eigenvalue weighted by Crippen LogP contribution is 2.26. The van der Waals surface area contributed by atoms with Gasteiger partial charge in [-0.15, -0.1) is 0 Å². The number of halogens is 1. The third kappa shape index (κ3) is 4.64. The fraction of sp³-hybridized carbons (Fsp3) is 0.444. The minimum Gasteiger partial charge on any atom is -0.492 e. The molecule has 1 aromatic heterocycles. The van der Waals surface area contributed by atoms with Crippen LogP contribution in [0.25, 0.3) is 0 Å². The second-order valence-electron chi connectivity index (χ2n) is 6.12. The lowest BCUT2D eigenvalue weighted by Gasteiger charge is -2.33. The first-order valence-corrected chi connectivity index (χ1v) is 8.34. The predicted molar refractivity (Wildman–Crippen MR) is 93.4 cm³/mol. The Morgan fingerprint density at radius 3 is 2.76 bits per heavy atom. The molecule has 0 aliphatic carbocycles. The van der Waals surface area contributed by atoms with Gasteiger partial charge in [-0.3, -0.25) is 9.88 Å². The topological polar surface area (TPSA) is 50.7 Å². The van der Waals surface area contributed by atoms with Crippen LogP contribution in [-0.2, 0) is 4.74 Å². The van der Waals surface area contributed by atoms with Crippen LogP contribution in [-0.4, -0.2) is 61.8 Å². The number of rotatable bonds is 6. The van der Waals surface area contributed by atoms with Gasteiger partial charge in [0.05, 0.1) is 6.61 Å². The van der Waals surface area contributed by atoms with E-state index in [1.54, 1.807) is 24.5 Å². The van der Waals surface area contributed by atoms with E-state index in [1.807, 2.05) is 19.0 Å². The molecular weight excluding hydrogens is 323 g/mol. The van der Waals surface area contributed by atoms with Gasteiger partial charge in [-0.05, 0) is 24.3 Å². The fourth-order valence-corrected chi connectivity index (χ4v) is 2.81. The largest absolute Gasteiger partial charge is 0.492 e. The standard InChI is InChI=1S/C18H23FN4O2/c1-22(2)18-17(20-7-8-21-18)16-13-23(10-12-25-16)9-11-24-15-5-3-14(19)4-6-15/h3-8,16H,9-13H2,1-2H3/t16-/m0/s1. The zero-order valence-corrected chi connectivity index (χ0v) is 14.6. The summed E-state index contributed by atoms with van der Waals surface area (Å²) in [6.45, 7) is 3.55. The molecule has 1 aliphatic heterocycles. The number of ether oxygens (including phenoxy) is 2. The Kier molecular flexibility index (Phi) is 5.78. The Morgan fingerprint density at radius 1 is 1.24 bits per heavy atom. The summed E-state index contributed by atoms with van der Waals surface area (Å²) < 4.78 is 24.5. The fourth-order valence-electron chi connectivity index (χ4n) is 2.81. The molecule has 2 aromatic rings. The Balaban J connectivity index is 1.55. The summed E-state index contributed by atoms with van der Waals surface area (Å²) in [6.07, 6.45) is 3.28. The van der Waals surface area contributed by atoms with Gasteiger partial charge in [-0.2, -0.15) is 0 Å². The highest BCUT2D eigenvalue weighted by atomic mass is 19.1. The molecular formula is C18H23FN4O2. The quantitative estimate of drug-likeness (QED) is 0.799. The van der Waals surface area contributed by atoms with E-state index in [-0.39, 0.29) is 11.9 Å². The number of nitrogens with zero attached hydrogens (tertiary/aromatic N) is 4. The Labute approximate surface area is 147 Å². The molecule has 6 nitrogen and oxygen atoms in total. The van der Waals surface area contributed by atoms with Crippen molar-refractivity contribution in [2.75, 3.05) is 51.8 Å². The molecule has 0 saturated carbocycles. The molecule has 0 N–H and O–H groups in total. The van der Waals surface area contributed by atoms with E-state index in [0.29, 0.717) is 19.0 Å². The molecule has 1 aliphatic rings. The molecule has 1 atom stereocenters. The van der Waals surface area contributed by atoms with Crippen molar-refractivity contribution in [1.29, 1.82) is 0 Å². The number of aromatic nitrogens is 2. The Morgan fingerprint density at radius 2 is 2.00 bits per heavy atom. The molecule has 1 aromatic carbocycles. The maximum atomic E-state index is 12.9. The molecule has 2 heterocycles. The van der Waals surface area contributed by atoms with Crippen molar-refractivity contribution in [2.24, 2.45) is 0 Å². The molecule has 25 heavy (non-hydrogen) atoms. The van der Waals surface area contributed by atoms with E-state index in [2.05, 4.69) is 14.9 Å². The number of hydrogen-bond acceptors (Lipinski definition) is 6. The van der Waals surface area contributed by atoms with E-state index >= 15 is 0 Å². The molecule has 0 spiro atoms. The summed E-state index contributed by atoms with van der Waals surface area (Å²) >= 11 is 0. The van der Waals surface area contributed by atoms with Crippen LogP contribution < -0.4 is 9.64 Å². The van der Waals surface area contributed by atoms with Gasteiger partial charge in [0.15, 0.2) is 5.82 Å². The first-order chi connectivity index (χ1) is 12.1. The zero-order chi connectivity index (χ0) is 17.6. The van der Waals surface area contributed by atoms with Crippen LogP contribution in [0.3, 0.4) is 0 Å². The maximum Gasteiger partial charge on any atom is 0.152 e. The van der Waals surface area contributed by atoms with Crippen LogP contribution in [0.4, 0.5) is 10.2 Å². The van der Waals surface area contributed by atoms with E-state index in [4.69, 9.17) is 9.47 Å². The van der Waals surface area contributed by atoms with Gasteiger partial charge >= 0.3 is 0 Å². The van der Waals surface area contributed by atoms with Crippen molar-refractivity contribution in [2.45, 2.75) is 6.10 Å². The maximum absolute atomic E-state index is 12.9. The van der Waals surface area contributed by atoms with Crippen molar-refractivity contribution in [3.05, 3.63) is 48.2 Å². The molecule has 0 radical (unpaired) electrons. The minimum absolute atomic E-state index is 0.106. The first-order valence-electron chi connectivity index (χ1n) is 8.34. The van der Waals surface area contributed by atoms with Crippen molar-refractivity contribution >= 4 is 5.82 Å². The summed E-state index contributed by atoms with van der Waals surface area (Å²) in [5.41, 5.74) is 0.858. The number of benzene rings is 1. The smallest absolute Gasteiger partial charge is 0.152 e. The number of anilines is 1. The van der Waals surface area contributed by atoms with Crippen LogP contribution in [0.1, 0.15) is 11.8 Å². The molecule has 3 rings (SSSR count). The Hall–Kier alpha value is -2.25. The second-order valence-corrected chi connectivity index (χ2v) is 6.12. The third-order valence-corrected chi connectivity index (χ3v) is 4.08. The van der Waals surface area contributed by atoms with Crippen LogP contribution in [0, 0.1) is 5.82 Å². The van der Waals surface area contributed by atoms with Gasteiger partial charge in [-0.25, -0.2) is 9.37 Å². The lowest BCUT2D eigenvalue weighted by Crippen LogP contribution is -2.41. The van der Waals surface area contributed by atoms with Crippen LogP contribution in [0.2, 0.25) is 0 Å². The van der Waals surface area contributed by atoms with Gasteiger partial charge in [0, 0.05) is 46.1 Å². The van der Waals surface area contributed by atoms with E-state index in [0.717, 1.165) is 31.1 Å². The summed E-state index contributed by atoms with van der Waals surface area (Å²) in [6, 6.07) is 6.08. The molecule has 0 bridgehead atoms. The van der Waals surface area contributed by atoms with Crippen LogP contribution in [0.15, 0.2) is 36.7 Å². The summed E-state index contributed by atoms with van der Waals surface area (Å²) in [7, 11) is 3.90. The van der Waals surface area contributed by atoms with Crippen molar-refractivity contribution in [3.8, 4) is 5.75 Å². The van der Waals surface area contributed by atoms with Gasteiger partial charge in [0.2, 0.25) is 0 Å². The molecule has 1 saturated heterocycles. The number of morpholine rings is 1. The molecule has 134 valence electrons. The van der Waals surface area contributed by atoms with Gasteiger partial charge in [0.1, 0.15) is 30.0 Å². The first kappa shape index (κ1) is 17.6.